The monoisotopic (exact) mass is 453 g/mol. The largest absolute Gasteiger partial charge is 0.275 e. The standard InChI is InChI=1S/C20H13Br2N3/c21-17-12-6-4-10-15(17)19-23-24-20(16-11-5-7-13-18(16)22)25(19)14-8-2-1-3-9-14/h1-13H. The van der Waals surface area contributed by atoms with Crippen LogP contribution in [0.3, 0.4) is 0 Å². The van der Waals surface area contributed by atoms with E-state index in [4.69, 9.17) is 0 Å². The van der Waals surface area contributed by atoms with Crippen molar-refractivity contribution in [1.29, 1.82) is 0 Å². The molecule has 0 aliphatic heterocycles. The Kier molecular flexibility index (Phi) is 4.51. The summed E-state index contributed by atoms with van der Waals surface area (Å²) in [6.45, 7) is 0. The van der Waals surface area contributed by atoms with Crippen molar-refractivity contribution in [3.05, 3.63) is 87.8 Å². The third kappa shape index (κ3) is 3.05. The summed E-state index contributed by atoms with van der Waals surface area (Å²) in [4.78, 5) is 0. The Hall–Kier alpha value is -2.24. The van der Waals surface area contributed by atoms with E-state index in [0.717, 1.165) is 37.4 Å². The van der Waals surface area contributed by atoms with E-state index >= 15 is 0 Å². The fourth-order valence-corrected chi connectivity index (χ4v) is 3.66. The van der Waals surface area contributed by atoms with Crippen molar-refractivity contribution in [2.24, 2.45) is 0 Å². The molecule has 3 aromatic carbocycles. The molecule has 3 nitrogen and oxygen atoms in total. The van der Waals surface area contributed by atoms with E-state index < -0.39 is 0 Å². The Morgan fingerprint density at radius 1 is 0.560 bits per heavy atom. The lowest BCUT2D eigenvalue weighted by atomic mass is 10.1. The second-order valence-corrected chi connectivity index (χ2v) is 7.19. The van der Waals surface area contributed by atoms with E-state index in [2.05, 4.69) is 58.8 Å². The molecule has 0 radical (unpaired) electrons. The van der Waals surface area contributed by atoms with Crippen LogP contribution in [0.5, 0.6) is 0 Å². The average molecular weight is 455 g/mol. The van der Waals surface area contributed by atoms with Gasteiger partial charge in [-0.1, -0.05) is 86.5 Å². The SMILES string of the molecule is Brc1ccccc1-c1nnc(-c2ccccc2Br)n1-c1ccccc1. The quantitative estimate of drug-likeness (QED) is 0.373. The second kappa shape index (κ2) is 6.94. The van der Waals surface area contributed by atoms with Crippen LogP contribution in [0, 0.1) is 0 Å². The molecule has 122 valence electrons. The highest BCUT2D eigenvalue weighted by atomic mass is 79.9. The van der Waals surface area contributed by atoms with Crippen molar-refractivity contribution in [3.63, 3.8) is 0 Å². The van der Waals surface area contributed by atoms with Crippen molar-refractivity contribution < 1.29 is 0 Å². The Morgan fingerprint density at radius 2 is 1.00 bits per heavy atom. The molecule has 0 aliphatic rings. The summed E-state index contributed by atoms with van der Waals surface area (Å²) in [6, 6.07) is 26.2. The van der Waals surface area contributed by atoms with Crippen LogP contribution >= 0.6 is 31.9 Å². The first kappa shape index (κ1) is 16.2. The molecule has 4 aromatic rings. The van der Waals surface area contributed by atoms with Gasteiger partial charge < -0.3 is 0 Å². The van der Waals surface area contributed by atoms with Crippen LogP contribution in [0.1, 0.15) is 0 Å². The van der Waals surface area contributed by atoms with Gasteiger partial charge in [0.15, 0.2) is 11.6 Å². The van der Waals surface area contributed by atoms with Crippen molar-refractivity contribution in [3.8, 4) is 28.5 Å². The molecule has 0 fully saturated rings. The van der Waals surface area contributed by atoms with Gasteiger partial charge in [0.25, 0.3) is 0 Å². The molecule has 1 heterocycles. The molecular formula is C20H13Br2N3. The first-order valence-corrected chi connectivity index (χ1v) is 9.35. The second-order valence-electron chi connectivity index (χ2n) is 5.48. The van der Waals surface area contributed by atoms with Crippen molar-refractivity contribution in [2.45, 2.75) is 0 Å². The zero-order chi connectivity index (χ0) is 17.2. The minimum Gasteiger partial charge on any atom is -0.275 e. The predicted molar refractivity (Wildman–Crippen MR) is 108 cm³/mol. The van der Waals surface area contributed by atoms with Crippen molar-refractivity contribution in [1.82, 2.24) is 14.8 Å². The number of nitrogens with zero attached hydrogens (tertiary/aromatic N) is 3. The fourth-order valence-electron chi connectivity index (χ4n) is 2.74. The molecule has 0 saturated carbocycles. The maximum Gasteiger partial charge on any atom is 0.169 e. The van der Waals surface area contributed by atoms with Gasteiger partial charge in [0, 0.05) is 25.8 Å². The summed E-state index contributed by atoms with van der Waals surface area (Å²) in [5.41, 5.74) is 3.01. The smallest absolute Gasteiger partial charge is 0.169 e. The summed E-state index contributed by atoms with van der Waals surface area (Å²) in [5, 5.41) is 9.01. The highest BCUT2D eigenvalue weighted by Crippen LogP contribution is 2.34. The summed E-state index contributed by atoms with van der Waals surface area (Å²) < 4.78 is 4.05. The summed E-state index contributed by atoms with van der Waals surface area (Å²) in [7, 11) is 0. The topological polar surface area (TPSA) is 30.7 Å². The molecule has 0 unspecified atom stereocenters. The van der Waals surface area contributed by atoms with Crippen LogP contribution in [0.25, 0.3) is 28.5 Å². The number of rotatable bonds is 3. The Bertz CT molecular complexity index is 963. The zero-order valence-electron chi connectivity index (χ0n) is 13.1. The molecule has 4 rings (SSSR count). The number of halogens is 2. The normalized spacial score (nSPS) is 10.8. The van der Waals surface area contributed by atoms with Gasteiger partial charge in [-0.2, -0.15) is 0 Å². The first-order valence-electron chi connectivity index (χ1n) is 7.76. The number of benzene rings is 3. The van der Waals surface area contributed by atoms with E-state index in [0.29, 0.717) is 0 Å². The molecule has 0 spiro atoms. The molecule has 0 aliphatic carbocycles. The van der Waals surface area contributed by atoms with Crippen LogP contribution in [0.4, 0.5) is 0 Å². The van der Waals surface area contributed by atoms with Crippen LogP contribution < -0.4 is 0 Å². The van der Waals surface area contributed by atoms with Gasteiger partial charge in [-0.3, -0.25) is 4.57 Å². The third-order valence-electron chi connectivity index (χ3n) is 3.91. The van der Waals surface area contributed by atoms with Crippen LogP contribution in [0.2, 0.25) is 0 Å². The van der Waals surface area contributed by atoms with Gasteiger partial charge in [-0.15, -0.1) is 10.2 Å². The van der Waals surface area contributed by atoms with Crippen molar-refractivity contribution in [2.75, 3.05) is 0 Å². The van der Waals surface area contributed by atoms with E-state index in [1.165, 1.54) is 0 Å². The molecule has 0 saturated heterocycles. The minimum absolute atomic E-state index is 0.796. The Labute approximate surface area is 162 Å². The summed E-state index contributed by atoms with van der Waals surface area (Å²) >= 11 is 7.26. The number of hydrogen-bond donors (Lipinski definition) is 0. The highest BCUT2D eigenvalue weighted by molar-refractivity contribution is 9.11. The van der Waals surface area contributed by atoms with Gasteiger partial charge in [0.2, 0.25) is 0 Å². The van der Waals surface area contributed by atoms with Gasteiger partial charge >= 0.3 is 0 Å². The fraction of sp³-hybridized carbons (Fsp3) is 0. The molecule has 0 atom stereocenters. The lowest BCUT2D eigenvalue weighted by Crippen LogP contribution is -2.00. The molecular weight excluding hydrogens is 442 g/mol. The van der Waals surface area contributed by atoms with Gasteiger partial charge in [0.05, 0.1) is 0 Å². The lowest BCUT2D eigenvalue weighted by Gasteiger charge is -2.12. The summed E-state index contributed by atoms with van der Waals surface area (Å²) in [5.74, 6) is 1.59. The van der Waals surface area contributed by atoms with Crippen LogP contribution in [0.15, 0.2) is 87.8 Å². The Morgan fingerprint density at radius 3 is 1.48 bits per heavy atom. The minimum atomic E-state index is 0.796. The van der Waals surface area contributed by atoms with Crippen molar-refractivity contribution >= 4 is 31.9 Å². The lowest BCUT2D eigenvalue weighted by molar-refractivity contribution is 1.07. The van der Waals surface area contributed by atoms with E-state index in [9.17, 15) is 0 Å². The van der Waals surface area contributed by atoms with E-state index in [1.807, 2.05) is 66.7 Å². The van der Waals surface area contributed by atoms with E-state index in [-0.39, 0.29) is 0 Å². The molecule has 1 aromatic heterocycles. The van der Waals surface area contributed by atoms with Gasteiger partial charge in [-0.05, 0) is 24.3 Å². The molecule has 0 bridgehead atoms. The van der Waals surface area contributed by atoms with Gasteiger partial charge in [0.1, 0.15) is 0 Å². The van der Waals surface area contributed by atoms with Crippen LogP contribution in [-0.4, -0.2) is 14.8 Å². The number of aromatic nitrogens is 3. The maximum absolute atomic E-state index is 4.50. The maximum atomic E-state index is 4.50. The number of hydrogen-bond acceptors (Lipinski definition) is 2. The molecule has 25 heavy (non-hydrogen) atoms. The van der Waals surface area contributed by atoms with Gasteiger partial charge in [-0.25, -0.2) is 0 Å². The first-order chi connectivity index (χ1) is 12.3. The molecule has 0 N–H and O–H groups in total. The highest BCUT2D eigenvalue weighted by Gasteiger charge is 2.19. The summed E-state index contributed by atoms with van der Waals surface area (Å²) in [6.07, 6.45) is 0. The predicted octanol–water partition coefficient (Wildman–Crippen LogP) is 6.13. The third-order valence-corrected chi connectivity index (χ3v) is 5.29. The van der Waals surface area contributed by atoms with E-state index in [1.54, 1.807) is 0 Å². The zero-order valence-corrected chi connectivity index (χ0v) is 16.3. The Balaban J connectivity index is 2.02. The molecule has 0 amide bonds. The molecule has 5 heteroatoms. The average Bonchev–Trinajstić information content (AvgIpc) is 3.08. The number of para-hydroxylation sites is 1. The van der Waals surface area contributed by atoms with Crippen LogP contribution in [-0.2, 0) is 0 Å².